The average molecular weight is 462 g/mol. The zero-order valence-electron chi connectivity index (χ0n) is 18.3. The highest BCUT2D eigenvalue weighted by molar-refractivity contribution is 5.68. The number of tetrazole rings is 1. The second-order valence-electron chi connectivity index (χ2n) is 7.66. The van der Waals surface area contributed by atoms with Crippen LogP contribution in [0.4, 0.5) is 8.78 Å². The topological polar surface area (TPSA) is 101 Å². The van der Waals surface area contributed by atoms with E-state index in [2.05, 4.69) is 25.6 Å². The molecule has 2 aromatic carbocycles. The predicted molar refractivity (Wildman–Crippen MR) is 119 cm³/mol. The van der Waals surface area contributed by atoms with Gasteiger partial charge in [0, 0.05) is 29.1 Å². The third kappa shape index (κ3) is 3.22. The van der Waals surface area contributed by atoms with Crippen molar-refractivity contribution in [1.82, 2.24) is 30.0 Å². The number of nitrogens with one attached hydrogen (secondary N) is 1. The molecule has 0 unspecified atom stereocenters. The van der Waals surface area contributed by atoms with Gasteiger partial charge in [-0.05, 0) is 29.0 Å². The number of ether oxygens (including phenoxy) is 1. The van der Waals surface area contributed by atoms with E-state index in [9.17, 15) is 5.11 Å². The van der Waals surface area contributed by atoms with E-state index in [-0.39, 0.29) is 16.8 Å². The number of hydrogen-bond donors (Lipinski definition) is 2. The van der Waals surface area contributed by atoms with Gasteiger partial charge in [-0.15, -0.1) is 5.10 Å². The number of halogens is 2. The van der Waals surface area contributed by atoms with E-state index < -0.39 is 17.2 Å². The Hall–Kier alpha value is -4.18. The molecule has 0 aliphatic heterocycles. The predicted octanol–water partition coefficient (Wildman–Crippen LogP) is 3.65. The Balaban J connectivity index is 1.86. The molecule has 2 N–H and O–H groups in total. The maximum absolute atomic E-state index is 15.1. The van der Waals surface area contributed by atoms with Gasteiger partial charge in [0.15, 0.2) is 11.4 Å². The fraction of sp³-hybridized carbons (Fsp3) is 0.167. The van der Waals surface area contributed by atoms with Crippen LogP contribution in [-0.4, -0.2) is 42.2 Å². The number of imidazole rings is 1. The van der Waals surface area contributed by atoms with Crippen molar-refractivity contribution in [3.8, 4) is 17.1 Å². The number of H-pyrrole nitrogens is 1. The molecule has 0 radical (unpaired) electrons. The molecule has 0 amide bonds. The van der Waals surface area contributed by atoms with Gasteiger partial charge >= 0.3 is 0 Å². The molecule has 5 aromatic rings. The number of aliphatic hydroxyl groups is 1. The van der Waals surface area contributed by atoms with E-state index in [1.165, 1.54) is 43.5 Å². The molecule has 3 aromatic heterocycles. The van der Waals surface area contributed by atoms with Crippen LogP contribution >= 0.6 is 0 Å². The van der Waals surface area contributed by atoms with Crippen LogP contribution in [0.1, 0.15) is 29.4 Å². The summed E-state index contributed by atoms with van der Waals surface area (Å²) in [7, 11) is 1.50. The van der Waals surface area contributed by atoms with Gasteiger partial charge in [0.2, 0.25) is 0 Å². The molecule has 0 aliphatic rings. The molecular weight excluding hydrogens is 442 g/mol. The van der Waals surface area contributed by atoms with Crippen LogP contribution in [0.3, 0.4) is 0 Å². The first-order chi connectivity index (χ1) is 16.5. The number of hydrogen-bond acceptors (Lipinski definition) is 6. The van der Waals surface area contributed by atoms with Gasteiger partial charge in [-0.2, -0.15) is 0 Å². The van der Waals surface area contributed by atoms with Gasteiger partial charge in [-0.1, -0.05) is 43.3 Å². The van der Waals surface area contributed by atoms with Gasteiger partial charge in [0.25, 0.3) is 0 Å². The van der Waals surface area contributed by atoms with E-state index in [0.717, 1.165) is 0 Å². The lowest BCUT2D eigenvalue weighted by molar-refractivity contribution is 0.111. The van der Waals surface area contributed by atoms with Crippen molar-refractivity contribution in [3.63, 3.8) is 0 Å². The first-order valence-corrected chi connectivity index (χ1v) is 10.5. The number of pyridine rings is 1. The molecular formula is C24H20F2N6O2. The second-order valence-corrected chi connectivity index (χ2v) is 7.66. The normalized spacial score (nSPS) is 11.8. The number of methoxy groups -OCH3 is 1. The summed E-state index contributed by atoms with van der Waals surface area (Å²) in [6, 6.07) is 13.1. The summed E-state index contributed by atoms with van der Waals surface area (Å²) in [4.78, 5) is 4.66. The molecule has 0 saturated heterocycles. The highest BCUT2D eigenvalue weighted by Gasteiger charge is 2.42. The maximum Gasteiger partial charge on any atom is 0.184 e. The molecule has 8 nitrogen and oxygen atoms in total. The van der Waals surface area contributed by atoms with Gasteiger partial charge in [0.1, 0.15) is 28.7 Å². The molecule has 172 valence electrons. The number of aromatic nitrogens is 6. The highest BCUT2D eigenvalue weighted by atomic mass is 19.1. The lowest BCUT2D eigenvalue weighted by atomic mass is 9.81. The number of aromatic amines is 1. The monoisotopic (exact) mass is 462 g/mol. The average Bonchev–Trinajstić information content (AvgIpc) is 3.51. The summed E-state index contributed by atoms with van der Waals surface area (Å²) in [5.41, 5.74) is -0.768. The Kier molecular flexibility index (Phi) is 5.29. The van der Waals surface area contributed by atoms with Gasteiger partial charge in [0.05, 0.1) is 12.7 Å². The molecule has 0 fully saturated rings. The number of nitrogens with zero attached hydrogens (tertiary/aromatic N) is 5. The minimum absolute atomic E-state index is 0.107. The first kappa shape index (κ1) is 21.7. The van der Waals surface area contributed by atoms with Crippen molar-refractivity contribution in [2.45, 2.75) is 18.9 Å². The summed E-state index contributed by atoms with van der Waals surface area (Å²) in [5, 5.41) is 26.0. The summed E-state index contributed by atoms with van der Waals surface area (Å²) in [5.74, 6) is -0.558. The summed E-state index contributed by atoms with van der Waals surface area (Å²) < 4.78 is 37.4. The fourth-order valence-corrected chi connectivity index (χ4v) is 4.28. The molecule has 0 spiro atoms. The van der Waals surface area contributed by atoms with Crippen LogP contribution in [0.15, 0.2) is 60.8 Å². The minimum atomic E-state index is -2.20. The van der Waals surface area contributed by atoms with E-state index in [4.69, 9.17) is 4.74 Å². The van der Waals surface area contributed by atoms with Crippen molar-refractivity contribution in [2.24, 2.45) is 0 Å². The minimum Gasteiger partial charge on any atom is -0.496 e. The molecule has 34 heavy (non-hydrogen) atoms. The number of aryl methyl sites for hydroxylation is 1. The molecule has 10 heteroatoms. The Morgan fingerprint density at radius 2 is 1.71 bits per heavy atom. The van der Waals surface area contributed by atoms with Crippen LogP contribution in [0.25, 0.3) is 17.0 Å². The van der Waals surface area contributed by atoms with Crippen LogP contribution in [-0.2, 0) is 12.0 Å². The lowest BCUT2D eigenvalue weighted by Gasteiger charge is -2.29. The van der Waals surface area contributed by atoms with E-state index in [0.29, 0.717) is 34.9 Å². The quantitative estimate of drug-likeness (QED) is 0.400. The first-order valence-electron chi connectivity index (χ1n) is 10.5. The summed E-state index contributed by atoms with van der Waals surface area (Å²) in [6.07, 6.45) is 2.12. The van der Waals surface area contributed by atoms with Crippen molar-refractivity contribution >= 4 is 5.65 Å². The van der Waals surface area contributed by atoms with Gasteiger partial charge in [-0.3, -0.25) is 0 Å². The van der Waals surface area contributed by atoms with Crippen LogP contribution < -0.4 is 4.74 Å². The van der Waals surface area contributed by atoms with E-state index in [1.54, 1.807) is 28.8 Å². The van der Waals surface area contributed by atoms with Crippen molar-refractivity contribution in [2.75, 3.05) is 7.11 Å². The molecule has 0 bridgehead atoms. The third-order valence-electron chi connectivity index (χ3n) is 5.85. The number of fused-ring (bicyclic) bond motifs is 1. The second kappa shape index (κ2) is 8.31. The van der Waals surface area contributed by atoms with Crippen molar-refractivity contribution < 1.29 is 18.6 Å². The molecule has 0 aliphatic carbocycles. The van der Waals surface area contributed by atoms with Crippen molar-refractivity contribution in [1.29, 1.82) is 0 Å². The standard InChI is InChI=1S/C24H20F2N6O2/c1-3-19-22(27-21-12-20(34-2)14(13-32(19)21)23-28-30-31-29-23)24(33,15-8-4-6-10-17(15)25)16-9-5-7-11-18(16)26/h4-13,33H,3H2,1-2H3,(H,28,29,30,31). The molecule has 3 heterocycles. The summed E-state index contributed by atoms with van der Waals surface area (Å²) >= 11 is 0. The Bertz CT molecular complexity index is 1440. The molecule has 0 atom stereocenters. The third-order valence-corrected chi connectivity index (χ3v) is 5.85. The highest BCUT2D eigenvalue weighted by Crippen LogP contribution is 2.41. The Morgan fingerprint density at radius 1 is 1.06 bits per heavy atom. The van der Waals surface area contributed by atoms with E-state index >= 15 is 8.78 Å². The summed E-state index contributed by atoms with van der Waals surface area (Å²) in [6.45, 7) is 1.87. The number of rotatable bonds is 6. The Morgan fingerprint density at radius 3 is 2.24 bits per heavy atom. The molecule has 0 saturated carbocycles. The van der Waals surface area contributed by atoms with Gasteiger partial charge in [-0.25, -0.2) is 18.9 Å². The lowest BCUT2D eigenvalue weighted by Crippen LogP contribution is -2.33. The van der Waals surface area contributed by atoms with Crippen LogP contribution in [0.5, 0.6) is 5.75 Å². The van der Waals surface area contributed by atoms with Crippen LogP contribution in [0.2, 0.25) is 0 Å². The zero-order chi connectivity index (χ0) is 23.9. The largest absolute Gasteiger partial charge is 0.496 e. The van der Waals surface area contributed by atoms with E-state index in [1.807, 2.05) is 6.92 Å². The maximum atomic E-state index is 15.1. The van der Waals surface area contributed by atoms with Crippen molar-refractivity contribution in [3.05, 3.63) is 94.9 Å². The molecule has 5 rings (SSSR count). The fourth-order valence-electron chi connectivity index (χ4n) is 4.28. The zero-order valence-corrected chi connectivity index (χ0v) is 18.3. The Labute approximate surface area is 192 Å². The smallest absolute Gasteiger partial charge is 0.184 e. The van der Waals surface area contributed by atoms with Crippen LogP contribution in [0, 0.1) is 11.6 Å². The SMILES string of the molecule is CCc1c(C(O)(c2ccccc2F)c2ccccc2F)nc2cc(OC)c(-c3nnn[nH]3)cn12. The number of benzene rings is 2. The van der Waals surface area contributed by atoms with Gasteiger partial charge < -0.3 is 14.2 Å².